The van der Waals surface area contributed by atoms with Gasteiger partial charge in [0.15, 0.2) is 5.88 Å². The smallest absolute Gasteiger partial charge is 0.294 e. The Morgan fingerprint density at radius 1 is 1.32 bits per heavy atom. The first-order chi connectivity index (χ1) is 9.16. The monoisotopic (exact) mass is 259 g/mol. The normalized spacial score (nSPS) is 10.5. The van der Waals surface area contributed by atoms with Gasteiger partial charge in [-0.15, -0.1) is 0 Å². The highest BCUT2D eigenvalue weighted by Gasteiger charge is 2.11. The van der Waals surface area contributed by atoms with E-state index in [1.54, 1.807) is 18.2 Å². The van der Waals surface area contributed by atoms with Crippen molar-refractivity contribution >= 4 is 29.4 Å². The number of hydrogen-bond acceptors (Lipinski definition) is 5. The summed E-state index contributed by atoms with van der Waals surface area (Å²) in [6, 6.07) is 9.08. The maximum absolute atomic E-state index is 11.5. The molecule has 7 heteroatoms. The number of hydrogen-bond donors (Lipinski definition) is 1. The zero-order chi connectivity index (χ0) is 13.7. The zero-order valence-electron chi connectivity index (χ0n) is 9.65. The van der Waals surface area contributed by atoms with Crippen LogP contribution in [-0.2, 0) is 4.79 Å². The molecule has 2 rings (SSSR count). The van der Waals surface area contributed by atoms with E-state index in [0.717, 1.165) is 6.21 Å². The molecule has 0 radical (unpaired) electrons. The summed E-state index contributed by atoms with van der Waals surface area (Å²) in [5, 5.41) is 13.2. The van der Waals surface area contributed by atoms with Crippen molar-refractivity contribution in [2.45, 2.75) is 0 Å². The fraction of sp³-hybridized carbons (Fsp3) is 0. The number of nitro benzene ring substituents is 1. The first kappa shape index (κ1) is 12.5. The number of carbonyl (C=O) groups excluding carboxylic acids is 1. The van der Waals surface area contributed by atoms with E-state index in [-0.39, 0.29) is 17.3 Å². The summed E-state index contributed by atoms with van der Waals surface area (Å²) in [6.45, 7) is 0. The Morgan fingerprint density at radius 2 is 2.11 bits per heavy atom. The number of carbonyl (C=O) groups is 1. The van der Waals surface area contributed by atoms with E-state index >= 15 is 0 Å². The molecule has 1 N–H and O–H groups in total. The van der Waals surface area contributed by atoms with Crippen molar-refractivity contribution in [3.63, 3.8) is 0 Å². The van der Waals surface area contributed by atoms with Crippen molar-refractivity contribution in [1.29, 1.82) is 0 Å². The number of nitrogens with one attached hydrogen (secondary N) is 1. The first-order valence-corrected chi connectivity index (χ1v) is 5.29. The molecule has 0 aliphatic rings. The van der Waals surface area contributed by atoms with Crippen molar-refractivity contribution in [3.8, 4) is 0 Å². The predicted molar refractivity (Wildman–Crippen MR) is 68.6 cm³/mol. The van der Waals surface area contributed by atoms with E-state index in [4.69, 9.17) is 4.42 Å². The predicted octanol–water partition coefficient (Wildman–Crippen LogP) is 2.53. The molecule has 1 aromatic heterocycles. The van der Waals surface area contributed by atoms with Gasteiger partial charge in [-0.05, 0) is 12.1 Å². The minimum atomic E-state index is -0.558. The summed E-state index contributed by atoms with van der Waals surface area (Å²) in [4.78, 5) is 25.4. The van der Waals surface area contributed by atoms with Gasteiger partial charge in [-0.25, -0.2) is 4.99 Å². The number of para-hydroxylation sites is 2. The summed E-state index contributed by atoms with van der Waals surface area (Å²) in [5.74, 6) is -0.257. The Balaban J connectivity index is 2.10. The van der Waals surface area contributed by atoms with Gasteiger partial charge in [0.25, 0.3) is 11.6 Å². The van der Waals surface area contributed by atoms with E-state index in [1.165, 1.54) is 24.5 Å². The minimum absolute atomic E-state index is 0.113. The molecule has 0 aliphatic heterocycles. The van der Waals surface area contributed by atoms with Gasteiger partial charge >= 0.3 is 0 Å². The Kier molecular flexibility index (Phi) is 3.67. The number of aliphatic imine (C=N–C) groups is 1. The van der Waals surface area contributed by atoms with Crippen molar-refractivity contribution in [1.82, 2.24) is 0 Å². The van der Waals surface area contributed by atoms with E-state index in [2.05, 4.69) is 10.3 Å². The fourth-order valence-electron chi connectivity index (χ4n) is 1.36. The van der Waals surface area contributed by atoms with Gasteiger partial charge in [-0.3, -0.25) is 20.2 Å². The lowest BCUT2D eigenvalue weighted by molar-refractivity contribution is -0.384. The van der Waals surface area contributed by atoms with Gasteiger partial charge in [0.2, 0.25) is 0 Å². The third kappa shape index (κ3) is 3.25. The number of nitrogens with zero attached hydrogens (tertiary/aromatic N) is 2. The molecule has 19 heavy (non-hydrogen) atoms. The van der Waals surface area contributed by atoms with Crippen LogP contribution >= 0.6 is 0 Å². The number of benzene rings is 1. The van der Waals surface area contributed by atoms with Gasteiger partial charge in [0.05, 0.1) is 17.4 Å². The van der Waals surface area contributed by atoms with Crippen LogP contribution in [0, 0.1) is 10.1 Å². The minimum Gasteiger partial charge on any atom is -0.449 e. The molecule has 1 amide bonds. The van der Waals surface area contributed by atoms with Gasteiger partial charge < -0.3 is 4.42 Å². The number of rotatable bonds is 4. The second-order valence-electron chi connectivity index (χ2n) is 3.47. The van der Waals surface area contributed by atoms with E-state index in [1.807, 2.05) is 0 Å². The summed E-state index contributed by atoms with van der Waals surface area (Å²) >= 11 is 0. The highest BCUT2D eigenvalue weighted by atomic mass is 16.6. The third-order valence-electron chi connectivity index (χ3n) is 2.17. The molecule has 0 fully saturated rings. The second-order valence-corrected chi connectivity index (χ2v) is 3.47. The van der Waals surface area contributed by atoms with Crippen molar-refractivity contribution < 1.29 is 14.1 Å². The molecule has 7 nitrogen and oxygen atoms in total. The first-order valence-electron chi connectivity index (χ1n) is 5.29. The van der Waals surface area contributed by atoms with Crippen LogP contribution in [0.5, 0.6) is 0 Å². The molecule has 0 saturated carbocycles. The maximum Gasteiger partial charge on any atom is 0.294 e. The summed E-state index contributed by atoms with van der Waals surface area (Å²) < 4.78 is 4.92. The molecular formula is C12H9N3O4. The van der Waals surface area contributed by atoms with Crippen LogP contribution in [0.4, 0.5) is 17.3 Å². The quantitative estimate of drug-likeness (QED) is 0.518. The Labute approximate surface area is 107 Å². The van der Waals surface area contributed by atoms with Crippen molar-refractivity contribution in [2.75, 3.05) is 5.32 Å². The van der Waals surface area contributed by atoms with Gasteiger partial charge in [-0.2, -0.15) is 0 Å². The van der Waals surface area contributed by atoms with Gasteiger partial charge in [0, 0.05) is 12.1 Å². The van der Waals surface area contributed by atoms with Crippen LogP contribution in [0.15, 0.2) is 52.1 Å². The lowest BCUT2D eigenvalue weighted by atomic mass is 10.3. The van der Waals surface area contributed by atoms with Crippen LogP contribution in [0.1, 0.15) is 0 Å². The molecule has 0 aliphatic carbocycles. The van der Waals surface area contributed by atoms with Crippen LogP contribution in [0.3, 0.4) is 0 Å². The van der Waals surface area contributed by atoms with Gasteiger partial charge in [0.1, 0.15) is 5.69 Å². The molecule has 96 valence electrons. The standard InChI is InChI=1S/C12H9N3O4/c16-11(14-12-6-3-7-19-12)8-13-9-4-1-2-5-10(9)15(17)18/h1-8H,(H,14,16). The van der Waals surface area contributed by atoms with Crippen molar-refractivity contribution in [2.24, 2.45) is 4.99 Å². The molecule has 0 spiro atoms. The fourth-order valence-corrected chi connectivity index (χ4v) is 1.36. The Morgan fingerprint density at radius 3 is 2.79 bits per heavy atom. The number of anilines is 1. The average Bonchev–Trinajstić information content (AvgIpc) is 2.89. The molecule has 1 heterocycles. The lowest BCUT2D eigenvalue weighted by Crippen LogP contribution is -2.11. The zero-order valence-corrected chi connectivity index (χ0v) is 9.65. The number of amides is 1. The average molecular weight is 259 g/mol. The molecule has 0 atom stereocenters. The molecule has 1 aromatic carbocycles. The van der Waals surface area contributed by atoms with Gasteiger partial charge in [-0.1, -0.05) is 12.1 Å². The SMILES string of the molecule is O=C(C=Nc1ccccc1[N+](=O)[O-])Nc1ccco1. The Bertz CT molecular complexity index is 620. The lowest BCUT2D eigenvalue weighted by Gasteiger charge is -1.97. The van der Waals surface area contributed by atoms with E-state index < -0.39 is 10.8 Å². The van der Waals surface area contributed by atoms with E-state index in [9.17, 15) is 14.9 Å². The largest absolute Gasteiger partial charge is 0.449 e. The summed E-state index contributed by atoms with van der Waals surface area (Å²) in [5.41, 5.74) is -0.0494. The molecule has 0 saturated heterocycles. The highest BCUT2D eigenvalue weighted by molar-refractivity contribution is 6.32. The molecule has 0 bridgehead atoms. The summed E-state index contributed by atoms with van der Waals surface area (Å²) in [7, 11) is 0. The van der Waals surface area contributed by atoms with Crippen LogP contribution in [0.25, 0.3) is 0 Å². The third-order valence-corrected chi connectivity index (χ3v) is 2.17. The van der Waals surface area contributed by atoms with Crippen LogP contribution in [-0.4, -0.2) is 17.0 Å². The number of furan rings is 1. The topological polar surface area (TPSA) is 97.7 Å². The van der Waals surface area contributed by atoms with Crippen LogP contribution < -0.4 is 5.32 Å². The van der Waals surface area contributed by atoms with Crippen LogP contribution in [0.2, 0.25) is 0 Å². The summed E-state index contributed by atoms with van der Waals surface area (Å²) in [6.07, 6.45) is 2.37. The van der Waals surface area contributed by atoms with Crippen molar-refractivity contribution in [3.05, 3.63) is 52.8 Å². The maximum atomic E-state index is 11.5. The second kappa shape index (κ2) is 5.58. The molecule has 0 unspecified atom stereocenters. The van der Waals surface area contributed by atoms with E-state index in [0.29, 0.717) is 0 Å². The molecule has 2 aromatic rings. The molecular weight excluding hydrogens is 250 g/mol. The number of nitro groups is 1. The Hall–Kier alpha value is -2.96. The highest BCUT2D eigenvalue weighted by Crippen LogP contribution is 2.25.